The fourth-order valence-corrected chi connectivity index (χ4v) is 3.80. The highest BCUT2D eigenvalue weighted by molar-refractivity contribution is 6.46. The molecule has 0 aromatic heterocycles. The summed E-state index contributed by atoms with van der Waals surface area (Å²) in [4.78, 5) is 29.5. The predicted octanol–water partition coefficient (Wildman–Crippen LogP) is 3.80. The number of rotatable bonds is 9. The summed E-state index contributed by atoms with van der Waals surface area (Å²) >= 11 is 0. The largest absolute Gasteiger partial charge is 0.508 e. The second kappa shape index (κ2) is 10.5. The first-order valence-corrected chi connectivity index (χ1v) is 11.1. The number of aromatic hydroxyl groups is 1. The molecule has 2 N–H and O–H groups in total. The van der Waals surface area contributed by atoms with Crippen LogP contribution in [0.3, 0.4) is 0 Å². The first-order valence-electron chi connectivity index (χ1n) is 11.1. The lowest BCUT2D eigenvalue weighted by Crippen LogP contribution is -2.32. The van der Waals surface area contributed by atoms with E-state index in [0.29, 0.717) is 42.4 Å². The normalized spacial score (nSPS) is 17.9. The Labute approximate surface area is 194 Å². The number of amides is 1. The number of carbonyl (C=O) groups is 2. The lowest BCUT2D eigenvalue weighted by Gasteiger charge is -2.26. The zero-order valence-electron chi connectivity index (χ0n) is 19.6. The van der Waals surface area contributed by atoms with E-state index in [-0.39, 0.29) is 17.1 Å². The maximum absolute atomic E-state index is 13.0. The van der Waals surface area contributed by atoms with Crippen molar-refractivity contribution in [2.24, 2.45) is 5.92 Å². The number of ketones is 1. The van der Waals surface area contributed by atoms with E-state index in [1.54, 1.807) is 36.4 Å². The number of aliphatic hydroxyl groups excluding tert-OH is 1. The molecule has 176 valence electrons. The van der Waals surface area contributed by atoms with Crippen molar-refractivity contribution in [2.45, 2.75) is 26.3 Å². The molecule has 3 rings (SSSR count). The van der Waals surface area contributed by atoms with Gasteiger partial charge >= 0.3 is 0 Å². The minimum atomic E-state index is -0.732. The molecule has 1 aliphatic heterocycles. The van der Waals surface area contributed by atoms with E-state index < -0.39 is 17.7 Å². The van der Waals surface area contributed by atoms with Gasteiger partial charge < -0.3 is 24.7 Å². The number of Topliss-reactive ketones (excluding diaryl/α,β-unsaturated/α-hetero) is 1. The Balaban J connectivity index is 1.99. The van der Waals surface area contributed by atoms with Gasteiger partial charge in [-0.2, -0.15) is 0 Å². The fourth-order valence-electron chi connectivity index (χ4n) is 3.80. The number of phenols is 1. The van der Waals surface area contributed by atoms with Gasteiger partial charge in [0.05, 0.1) is 18.2 Å². The molecule has 1 heterocycles. The number of nitrogens with zero attached hydrogens (tertiary/aromatic N) is 2. The summed E-state index contributed by atoms with van der Waals surface area (Å²) in [7, 11) is 3.89. The summed E-state index contributed by atoms with van der Waals surface area (Å²) in [5, 5.41) is 20.8. The molecule has 7 heteroatoms. The van der Waals surface area contributed by atoms with E-state index >= 15 is 0 Å². The highest BCUT2D eigenvalue weighted by atomic mass is 16.5. The molecule has 1 fully saturated rings. The second-order valence-electron chi connectivity index (χ2n) is 8.97. The summed E-state index contributed by atoms with van der Waals surface area (Å²) in [5.41, 5.74) is 1.13. The van der Waals surface area contributed by atoms with Gasteiger partial charge in [0, 0.05) is 12.1 Å². The highest BCUT2D eigenvalue weighted by Gasteiger charge is 2.45. The third-order valence-corrected chi connectivity index (χ3v) is 5.46. The smallest absolute Gasteiger partial charge is 0.295 e. The minimum absolute atomic E-state index is 0.0476. The number of phenolic OH excluding ortho intramolecular Hbond substituents is 1. The third-order valence-electron chi connectivity index (χ3n) is 5.46. The number of ether oxygens (including phenoxy) is 1. The molecule has 0 unspecified atom stereocenters. The maximum Gasteiger partial charge on any atom is 0.295 e. The Hall–Kier alpha value is -3.32. The maximum atomic E-state index is 13.0. The van der Waals surface area contributed by atoms with Crippen molar-refractivity contribution in [1.82, 2.24) is 9.80 Å². The predicted molar refractivity (Wildman–Crippen MR) is 127 cm³/mol. The molecule has 0 saturated carbocycles. The zero-order valence-corrected chi connectivity index (χ0v) is 19.6. The van der Waals surface area contributed by atoms with E-state index in [0.717, 1.165) is 6.54 Å². The van der Waals surface area contributed by atoms with Gasteiger partial charge in [0.1, 0.15) is 17.3 Å². The first-order chi connectivity index (χ1) is 15.7. The molecule has 0 bridgehead atoms. The fraction of sp³-hybridized carbons (Fsp3) is 0.385. The van der Waals surface area contributed by atoms with Crippen LogP contribution in [0.25, 0.3) is 5.76 Å². The van der Waals surface area contributed by atoms with Crippen molar-refractivity contribution in [3.05, 3.63) is 65.2 Å². The molecule has 7 nitrogen and oxygen atoms in total. The Bertz CT molecular complexity index is 1010. The van der Waals surface area contributed by atoms with E-state index in [4.69, 9.17) is 4.74 Å². The lowest BCUT2D eigenvalue weighted by molar-refractivity contribution is -0.139. The minimum Gasteiger partial charge on any atom is -0.508 e. The molecule has 1 atom stereocenters. The molecule has 33 heavy (non-hydrogen) atoms. The second-order valence-corrected chi connectivity index (χ2v) is 8.97. The molecule has 0 aliphatic carbocycles. The van der Waals surface area contributed by atoms with Gasteiger partial charge in [-0.15, -0.1) is 0 Å². The van der Waals surface area contributed by atoms with Crippen molar-refractivity contribution in [3.63, 3.8) is 0 Å². The van der Waals surface area contributed by atoms with Gasteiger partial charge in [0.15, 0.2) is 0 Å². The SMILES string of the molecule is CC(C)COc1ccc(/C(O)=C2\C(=O)C(=O)N(CCCN(C)C)[C@@H]2c2ccc(O)cc2)cc1. The van der Waals surface area contributed by atoms with Crippen molar-refractivity contribution in [1.29, 1.82) is 0 Å². The van der Waals surface area contributed by atoms with Crippen LogP contribution in [0.5, 0.6) is 11.5 Å². The number of likely N-dealkylation sites (tertiary alicyclic amines) is 1. The van der Waals surface area contributed by atoms with Gasteiger partial charge in [0.2, 0.25) is 0 Å². The Morgan fingerprint density at radius 3 is 2.27 bits per heavy atom. The standard InChI is InChI=1S/C26H32N2O5/c1-17(2)16-33-21-12-8-19(9-13-21)24(30)22-23(18-6-10-20(29)11-7-18)28(26(32)25(22)31)15-5-14-27(3)4/h6-13,17,23,29-30H,5,14-16H2,1-4H3/b24-22+/t23-/m1/s1. The number of aliphatic hydroxyl groups is 1. The zero-order chi connectivity index (χ0) is 24.1. The molecular weight excluding hydrogens is 420 g/mol. The van der Waals surface area contributed by atoms with Crippen LogP contribution in [0.4, 0.5) is 0 Å². The molecule has 1 saturated heterocycles. The molecule has 0 radical (unpaired) electrons. The van der Waals surface area contributed by atoms with E-state index in [1.807, 2.05) is 19.0 Å². The van der Waals surface area contributed by atoms with Gasteiger partial charge in [-0.05, 0) is 74.9 Å². The van der Waals surface area contributed by atoms with Crippen LogP contribution >= 0.6 is 0 Å². The first kappa shape index (κ1) is 24.3. The van der Waals surface area contributed by atoms with Crippen LogP contribution in [0.15, 0.2) is 54.1 Å². The van der Waals surface area contributed by atoms with Gasteiger partial charge in [-0.25, -0.2) is 0 Å². The van der Waals surface area contributed by atoms with Crippen molar-refractivity contribution >= 4 is 17.4 Å². The monoisotopic (exact) mass is 452 g/mol. The van der Waals surface area contributed by atoms with Crippen molar-refractivity contribution < 1.29 is 24.5 Å². The van der Waals surface area contributed by atoms with Crippen LogP contribution in [0.2, 0.25) is 0 Å². The van der Waals surface area contributed by atoms with Crippen molar-refractivity contribution in [2.75, 3.05) is 33.8 Å². The molecule has 1 aliphatic rings. The quantitative estimate of drug-likeness (QED) is 0.342. The molecule has 1 amide bonds. The molecule has 2 aromatic carbocycles. The summed E-state index contributed by atoms with van der Waals surface area (Å²) in [6.45, 7) is 5.81. The van der Waals surface area contributed by atoms with Gasteiger partial charge in [0.25, 0.3) is 11.7 Å². The number of benzene rings is 2. The summed E-state index contributed by atoms with van der Waals surface area (Å²) in [6.07, 6.45) is 0.677. The number of carbonyl (C=O) groups excluding carboxylic acids is 2. The van der Waals surface area contributed by atoms with Crippen LogP contribution < -0.4 is 4.74 Å². The summed E-state index contributed by atoms with van der Waals surface area (Å²) in [5.74, 6) is -0.440. The summed E-state index contributed by atoms with van der Waals surface area (Å²) < 4.78 is 5.69. The van der Waals surface area contributed by atoms with Gasteiger partial charge in [-0.1, -0.05) is 26.0 Å². The van der Waals surface area contributed by atoms with E-state index in [9.17, 15) is 19.8 Å². The van der Waals surface area contributed by atoms with E-state index in [2.05, 4.69) is 13.8 Å². The van der Waals surface area contributed by atoms with Crippen LogP contribution in [-0.4, -0.2) is 65.5 Å². The average Bonchev–Trinajstić information content (AvgIpc) is 3.03. The molecular formula is C26H32N2O5. The third kappa shape index (κ3) is 5.73. The Kier molecular flexibility index (Phi) is 7.76. The van der Waals surface area contributed by atoms with Crippen LogP contribution in [0.1, 0.15) is 37.4 Å². The average molecular weight is 453 g/mol. The van der Waals surface area contributed by atoms with Crippen molar-refractivity contribution in [3.8, 4) is 11.5 Å². The number of hydrogen-bond donors (Lipinski definition) is 2. The van der Waals surface area contributed by atoms with Crippen LogP contribution in [-0.2, 0) is 9.59 Å². The molecule has 2 aromatic rings. The van der Waals surface area contributed by atoms with Gasteiger partial charge in [-0.3, -0.25) is 9.59 Å². The molecule has 0 spiro atoms. The number of hydrogen-bond acceptors (Lipinski definition) is 6. The Morgan fingerprint density at radius 2 is 1.70 bits per heavy atom. The summed E-state index contributed by atoms with van der Waals surface area (Å²) in [6, 6.07) is 12.5. The highest BCUT2D eigenvalue weighted by Crippen LogP contribution is 2.40. The van der Waals surface area contributed by atoms with E-state index in [1.165, 1.54) is 17.0 Å². The Morgan fingerprint density at radius 1 is 1.06 bits per heavy atom. The lowest BCUT2D eigenvalue weighted by atomic mass is 9.95. The topological polar surface area (TPSA) is 90.3 Å². The van der Waals surface area contributed by atoms with Crippen LogP contribution in [0, 0.1) is 5.92 Å².